The molecular formula is C20H33Cl2N3O2. The molecule has 1 atom stereocenters. The molecule has 1 unspecified atom stereocenters. The van der Waals surface area contributed by atoms with Crippen molar-refractivity contribution in [3.05, 3.63) is 29.8 Å². The van der Waals surface area contributed by atoms with Crippen molar-refractivity contribution in [3.63, 3.8) is 0 Å². The van der Waals surface area contributed by atoms with Crippen molar-refractivity contribution in [2.45, 2.75) is 32.7 Å². The molecular weight excluding hydrogens is 385 g/mol. The van der Waals surface area contributed by atoms with Crippen LogP contribution in [0.2, 0.25) is 0 Å². The first kappa shape index (κ1) is 24.0. The normalized spacial score (nSPS) is 18.8. The highest BCUT2D eigenvalue weighted by atomic mass is 35.5. The molecule has 0 spiro atoms. The Morgan fingerprint density at radius 1 is 1.22 bits per heavy atom. The molecule has 0 aliphatic carbocycles. The molecule has 2 heterocycles. The lowest BCUT2D eigenvalue weighted by Gasteiger charge is -2.31. The van der Waals surface area contributed by atoms with E-state index >= 15 is 0 Å². The molecule has 7 heteroatoms. The van der Waals surface area contributed by atoms with Crippen LogP contribution in [0.4, 0.5) is 5.69 Å². The number of hydrogen-bond donors (Lipinski definition) is 2. The predicted molar refractivity (Wildman–Crippen MR) is 115 cm³/mol. The third kappa shape index (κ3) is 7.15. The second kappa shape index (κ2) is 12.4. The van der Waals surface area contributed by atoms with Gasteiger partial charge in [-0.25, -0.2) is 0 Å². The first-order valence-electron chi connectivity index (χ1n) is 9.62. The summed E-state index contributed by atoms with van der Waals surface area (Å²) in [6.07, 6.45) is 3.01. The summed E-state index contributed by atoms with van der Waals surface area (Å²) in [5, 5.41) is 6.53. The molecule has 2 aliphatic rings. The number of ether oxygens (including phenoxy) is 1. The number of benzene rings is 1. The van der Waals surface area contributed by atoms with Crippen molar-refractivity contribution in [3.8, 4) is 0 Å². The maximum atomic E-state index is 12.4. The Balaban J connectivity index is 0.00000182. The molecule has 0 aromatic heterocycles. The van der Waals surface area contributed by atoms with Crippen LogP contribution in [0.1, 0.15) is 31.7 Å². The van der Waals surface area contributed by atoms with Crippen molar-refractivity contribution in [1.29, 1.82) is 0 Å². The van der Waals surface area contributed by atoms with Gasteiger partial charge in [-0.15, -0.1) is 24.8 Å². The average Bonchev–Trinajstić information content (AvgIpc) is 2.68. The van der Waals surface area contributed by atoms with E-state index in [1.807, 2.05) is 6.07 Å². The van der Waals surface area contributed by atoms with Crippen molar-refractivity contribution in [2.75, 3.05) is 44.3 Å². The van der Waals surface area contributed by atoms with E-state index < -0.39 is 0 Å². The zero-order valence-corrected chi connectivity index (χ0v) is 17.7. The molecule has 1 amide bonds. The first-order chi connectivity index (χ1) is 12.2. The Hall–Kier alpha value is -1.01. The van der Waals surface area contributed by atoms with Crippen LogP contribution < -0.4 is 15.5 Å². The highest BCUT2D eigenvalue weighted by molar-refractivity contribution is 5.85. The summed E-state index contributed by atoms with van der Waals surface area (Å²) in [5.74, 6) is 1.30. The van der Waals surface area contributed by atoms with E-state index in [-0.39, 0.29) is 30.7 Å². The molecule has 3 rings (SSSR count). The number of carbonyl (C=O) groups is 1. The van der Waals surface area contributed by atoms with E-state index in [2.05, 4.69) is 40.7 Å². The molecule has 5 nitrogen and oxygen atoms in total. The highest BCUT2D eigenvalue weighted by Crippen LogP contribution is 2.25. The minimum Gasteiger partial charge on any atom is -0.378 e. The molecule has 0 radical (unpaired) electrons. The van der Waals surface area contributed by atoms with Crippen molar-refractivity contribution < 1.29 is 9.53 Å². The summed E-state index contributed by atoms with van der Waals surface area (Å²) in [5.41, 5.74) is 2.41. The molecule has 2 aliphatic heterocycles. The Morgan fingerprint density at radius 3 is 2.59 bits per heavy atom. The zero-order chi connectivity index (χ0) is 17.5. The van der Waals surface area contributed by atoms with E-state index in [0.717, 1.165) is 39.4 Å². The van der Waals surface area contributed by atoms with E-state index in [1.54, 1.807) is 0 Å². The van der Waals surface area contributed by atoms with Crippen LogP contribution in [0.15, 0.2) is 24.3 Å². The van der Waals surface area contributed by atoms with Crippen LogP contribution in [0.5, 0.6) is 0 Å². The summed E-state index contributed by atoms with van der Waals surface area (Å²) in [6, 6.07) is 8.37. The van der Waals surface area contributed by atoms with Gasteiger partial charge in [0.1, 0.15) is 0 Å². The van der Waals surface area contributed by atoms with Gasteiger partial charge in [-0.3, -0.25) is 4.79 Å². The number of amides is 1. The number of piperidine rings is 1. The van der Waals surface area contributed by atoms with Crippen molar-refractivity contribution in [2.24, 2.45) is 11.8 Å². The number of nitrogens with zero attached hydrogens (tertiary/aromatic N) is 1. The van der Waals surface area contributed by atoms with Gasteiger partial charge in [-0.1, -0.05) is 25.1 Å². The number of para-hydroxylation sites is 1. The van der Waals surface area contributed by atoms with Gasteiger partial charge in [0.25, 0.3) is 0 Å². The molecule has 154 valence electrons. The predicted octanol–water partition coefficient (Wildman–Crippen LogP) is 3.01. The highest BCUT2D eigenvalue weighted by Gasteiger charge is 2.22. The van der Waals surface area contributed by atoms with E-state index in [4.69, 9.17) is 4.74 Å². The van der Waals surface area contributed by atoms with Crippen LogP contribution >= 0.6 is 24.8 Å². The van der Waals surface area contributed by atoms with Gasteiger partial charge in [-0.05, 0) is 49.4 Å². The number of halogens is 2. The second-order valence-corrected chi connectivity index (χ2v) is 7.27. The van der Waals surface area contributed by atoms with Crippen LogP contribution in [0.25, 0.3) is 0 Å². The Labute approximate surface area is 175 Å². The summed E-state index contributed by atoms with van der Waals surface area (Å²) in [4.78, 5) is 14.7. The SMILES string of the molecule is CC(CC(=O)NCc1ccccc1N1CCOCC1)C1CCNCC1.Cl.Cl. The maximum absolute atomic E-state index is 12.4. The molecule has 0 bridgehead atoms. The van der Waals surface area contributed by atoms with Gasteiger partial charge in [0.05, 0.1) is 13.2 Å². The van der Waals surface area contributed by atoms with Crippen LogP contribution in [-0.4, -0.2) is 45.3 Å². The Bertz CT molecular complexity index is 562. The van der Waals surface area contributed by atoms with Crippen LogP contribution in [0, 0.1) is 11.8 Å². The quantitative estimate of drug-likeness (QED) is 0.746. The summed E-state index contributed by atoms with van der Waals surface area (Å²) >= 11 is 0. The third-order valence-electron chi connectivity index (χ3n) is 5.52. The molecule has 0 saturated carbocycles. The molecule has 27 heavy (non-hydrogen) atoms. The van der Waals surface area contributed by atoms with Gasteiger partial charge in [0.2, 0.25) is 5.91 Å². The average molecular weight is 418 g/mol. The molecule has 1 aromatic rings. The number of nitrogens with one attached hydrogen (secondary N) is 2. The summed E-state index contributed by atoms with van der Waals surface area (Å²) in [6.45, 7) is 8.37. The topological polar surface area (TPSA) is 53.6 Å². The fourth-order valence-electron chi connectivity index (χ4n) is 3.91. The van der Waals surface area contributed by atoms with Gasteiger partial charge in [-0.2, -0.15) is 0 Å². The number of morpholine rings is 1. The smallest absolute Gasteiger partial charge is 0.220 e. The van der Waals surface area contributed by atoms with Gasteiger partial charge < -0.3 is 20.3 Å². The third-order valence-corrected chi connectivity index (χ3v) is 5.52. The van der Waals surface area contributed by atoms with E-state index in [1.165, 1.54) is 24.1 Å². The lowest BCUT2D eigenvalue weighted by molar-refractivity contribution is -0.122. The number of hydrogen-bond acceptors (Lipinski definition) is 4. The monoisotopic (exact) mass is 417 g/mol. The first-order valence-corrected chi connectivity index (χ1v) is 9.62. The lowest BCUT2D eigenvalue weighted by atomic mass is 9.84. The molecule has 2 saturated heterocycles. The van der Waals surface area contributed by atoms with Crippen LogP contribution in [-0.2, 0) is 16.1 Å². The summed E-state index contributed by atoms with van der Waals surface area (Å²) < 4.78 is 5.44. The molecule has 1 aromatic carbocycles. The van der Waals surface area contributed by atoms with Crippen LogP contribution in [0.3, 0.4) is 0 Å². The fraction of sp³-hybridized carbons (Fsp3) is 0.650. The minimum absolute atomic E-state index is 0. The molecule has 2 fully saturated rings. The van der Waals surface area contributed by atoms with Gasteiger partial charge in [0.15, 0.2) is 0 Å². The van der Waals surface area contributed by atoms with Crippen molar-refractivity contribution in [1.82, 2.24) is 10.6 Å². The lowest BCUT2D eigenvalue weighted by Crippen LogP contribution is -2.37. The molecule has 2 N–H and O–H groups in total. The standard InChI is InChI=1S/C20H31N3O2.2ClH/c1-16(17-6-8-21-9-7-17)14-20(24)22-15-18-4-2-3-5-19(18)23-10-12-25-13-11-23;;/h2-5,16-17,21H,6-15H2,1H3,(H,22,24);2*1H. The number of anilines is 1. The Morgan fingerprint density at radius 2 is 1.89 bits per heavy atom. The number of rotatable bonds is 6. The van der Waals surface area contributed by atoms with Gasteiger partial charge in [0, 0.05) is 31.7 Å². The van der Waals surface area contributed by atoms with E-state index in [0.29, 0.717) is 24.8 Å². The van der Waals surface area contributed by atoms with Crippen molar-refractivity contribution >= 4 is 36.4 Å². The van der Waals surface area contributed by atoms with E-state index in [9.17, 15) is 4.79 Å². The second-order valence-electron chi connectivity index (χ2n) is 7.27. The van der Waals surface area contributed by atoms with Gasteiger partial charge >= 0.3 is 0 Å². The summed E-state index contributed by atoms with van der Waals surface area (Å²) in [7, 11) is 0. The zero-order valence-electron chi connectivity index (χ0n) is 16.1. The largest absolute Gasteiger partial charge is 0.378 e. The number of carbonyl (C=O) groups excluding carboxylic acids is 1. The maximum Gasteiger partial charge on any atom is 0.220 e. The minimum atomic E-state index is 0. The Kier molecular flexibility index (Phi) is 11.1. The fourth-order valence-corrected chi connectivity index (χ4v) is 3.91.